The van der Waals surface area contributed by atoms with Crippen LogP contribution in [0.4, 0.5) is 5.69 Å². The molecule has 7 nitrogen and oxygen atoms in total. The summed E-state index contributed by atoms with van der Waals surface area (Å²) < 4.78 is 6.30. The number of amidine groups is 1. The van der Waals surface area contributed by atoms with Crippen molar-refractivity contribution in [1.82, 2.24) is 4.98 Å². The molecule has 1 atom stereocenters. The number of aryl methyl sites for hydroxylation is 1. The zero-order valence-electron chi connectivity index (χ0n) is 17.0. The minimum atomic E-state index is -0.251. The minimum absolute atomic E-state index is 0.0146. The summed E-state index contributed by atoms with van der Waals surface area (Å²) in [5.74, 6) is 0.960. The summed E-state index contributed by atoms with van der Waals surface area (Å²) in [5, 5.41) is 16.3. The number of oxime groups is 1. The second-order valence-electron chi connectivity index (χ2n) is 7.81. The van der Waals surface area contributed by atoms with Gasteiger partial charge in [-0.15, -0.1) is 0 Å². The van der Waals surface area contributed by atoms with E-state index in [0.717, 1.165) is 29.7 Å². The van der Waals surface area contributed by atoms with E-state index in [1.165, 1.54) is 0 Å². The molecule has 1 aliphatic rings. The fourth-order valence-electron chi connectivity index (χ4n) is 3.75. The van der Waals surface area contributed by atoms with Gasteiger partial charge >= 0.3 is 0 Å². The molecule has 4 N–H and O–H groups in total. The first-order valence-electron chi connectivity index (χ1n) is 9.79. The summed E-state index contributed by atoms with van der Waals surface area (Å²) in [6, 6.07) is 6.95. The van der Waals surface area contributed by atoms with E-state index in [4.69, 9.17) is 27.0 Å². The number of anilines is 1. The molecule has 1 fully saturated rings. The van der Waals surface area contributed by atoms with Crippen molar-refractivity contribution in [2.45, 2.75) is 45.6 Å². The van der Waals surface area contributed by atoms with Crippen LogP contribution in [-0.2, 0) is 0 Å². The van der Waals surface area contributed by atoms with Gasteiger partial charge in [0, 0.05) is 17.0 Å². The molecule has 1 aliphatic carbocycles. The standard InChI is InChI=1S/C22H23ClN4O3/c1-10-8-14(12(3)25-16-6-7-17(23)26-18(16)22(24)27-29)21-15(9-10)19(28)11(2)20(30-21)13-4-5-13/h6-9,12-13,25,29H,4-5H2,1-3H3,(H2,24,27). The number of aromatic nitrogens is 1. The summed E-state index contributed by atoms with van der Waals surface area (Å²) in [6.07, 6.45) is 2.09. The molecular formula is C22H23ClN4O3. The molecule has 8 heteroatoms. The maximum absolute atomic E-state index is 13.0. The van der Waals surface area contributed by atoms with E-state index in [1.807, 2.05) is 32.9 Å². The van der Waals surface area contributed by atoms with E-state index < -0.39 is 0 Å². The zero-order valence-corrected chi connectivity index (χ0v) is 17.7. The molecule has 0 radical (unpaired) electrons. The minimum Gasteiger partial charge on any atom is -0.460 e. The lowest BCUT2D eigenvalue weighted by atomic mass is 9.99. The molecule has 2 aromatic heterocycles. The lowest BCUT2D eigenvalue weighted by Gasteiger charge is -2.20. The van der Waals surface area contributed by atoms with Crippen molar-refractivity contribution < 1.29 is 9.62 Å². The fourth-order valence-corrected chi connectivity index (χ4v) is 3.89. The summed E-state index contributed by atoms with van der Waals surface area (Å²) in [6.45, 7) is 5.74. The van der Waals surface area contributed by atoms with Crippen molar-refractivity contribution in [3.63, 3.8) is 0 Å². The smallest absolute Gasteiger partial charge is 0.195 e. The second-order valence-corrected chi connectivity index (χ2v) is 8.19. The molecule has 0 bridgehead atoms. The lowest BCUT2D eigenvalue weighted by molar-refractivity contribution is 0.318. The SMILES string of the molecule is Cc1cc(C(C)Nc2ccc(Cl)nc2C(N)=NO)c2oc(C3CC3)c(C)c(=O)c2c1. The first-order chi connectivity index (χ1) is 14.3. The molecule has 2 heterocycles. The molecule has 0 spiro atoms. The number of hydrogen-bond donors (Lipinski definition) is 3. The first-order valence-corrected chi connectivity index (χ1v) is 10.2. The Morgan fingerprint density at radius 2 is 2.10 bits per heavy atom. The van der Waals surface area contributed by atoms with Gasteiger partial charge in [0.1, 0.15) is 22.2 Å². The molecule has 3 aromatic rings. The van der Waals surface area contributed by atoms with Gasteiger partial charge in [0.25, 0.3) is 0 Å². The Morgan fingerprint density at radius 3 is 2.77 bits per heavy atom. The number of nitrogens with two attached hydrogens (primary N) is 1. The number of halogens is 1. The van der Waals surface area contributed by atoms with Crippen LogP contribution in [0.5, 0.6) is 0 Å². The Labute approximate surface area is 178 Å². The van der Waals surface area contributed by atoms with Gasteiger partial charge in [0.05, 0.1) is 17.1 Å². The van der Waals surface area contributed by atoms with Crippen LogP contribution in [0.3, 0.4) is 0 Å². The average molecular weight is 427 g/mol. The van der Waals surface area contributed by atoms with Gasteiger partial charge in [-0.1, -0.05) is 22.8 Å². The topological polar surface area (TPSA) is 114 Å². The van der Waals surface area contributed by atoms with Crippen LogP contribution in [0, 0.1) is 13.8 Å². The van der Waals surface area contributed by atoms with Crippen molar-refractivity contribution in [2.75, 3.05) is 5.32 Å². The number of hydrogen-bond acceptors (Lipinski definition) is 6. The van der Waals surface area contributed by atoms with Crippen LogP contribution in [0.15, 0.2) is 38.6 Å². The third kappa shape index (κ3) is 3.61. The van der Waals surface area contributed by atoms with E-state index in [1.54, 1.807) is 12.1 Å². The second kappa shape index (κ2) is 7.65. The largest absolute Gasteiger partial charge is 0.460 e. The molecule has 156 valence electrons. The number of fused-ring (bicyclic) bond motifs is 1. The van der Waals surface area contributed by atoms with Crippen LogP contribution in [0.1, 0.15) is 59.9 Å². The molecule has 0 saturated heterocycles. The van der Waals surface area contributed by atoms with Crippen molar-refractivity contribution >= 4 is 34.1 Å². The highest BCUT2D eigenvalue weighted by Gasteiger charge is 2.30. The van der Waals surface area contributed by atoms with E-state index in [9.17, 15) is 4.79 Å². The summed E-state index contributed by atoms with van der Waals surface area (Å²) in [4.78, 5) is 17.2. The monoisotopic (exact) mass is 426 g/mol. The quantitative estimate of drug-likeness (QED) is 0.180. The third-order valence-electron chi connectivity index (χ3n) is 5.43. The molecule has 4 rings (SSSR count). The molecule has 0 amide bonds. The number of pyridine rings is 1. The molecule has 0 aliphatic heterocycles. The van der Waals surface area contributed by atoms with Crippen molar-refractivity contribution in [3.8, 4) is 0 Å². The third-order valence-corrected chi connectivity index (χ3v) is 5.64. The molecule has 30 heavy (non-hydrogen) atoms. The maximum atomic E-state index is 13.0. The fraction of sp³-hybridized carbons (Fsp3) is 0.318. The van der Waals surface area contributed by atoms with Crippen LogP contribution >= 0.6 is 11.6 Å². The van der Waals surface area contributed by atoms with Crippen LogP contribution < -0.4 is 16.5 Å². The van der Waals surface area contributed by atoms with E-state index in [2.05, 4.69) is 15.5 Å². The van der Waals surface area contributed by atoms with Gasteiger partial charge in [-0.2, -0.15) is 0 Å². The Balaban J connectivity index is 1.83. The number of benzene rings is 1. The summed E-state index contributed by atoms with van der Waals surface area (Å²) in [7, 11) is 0. The molecule has 1 saturated carbocycles. The predicted molar refractivity (Wildman–Crippen MR) is 118 cm³/mol. The maximum Gasteiger partial charge on any atom is 0.195 e. The van der Waals surface area contributed by atoms with Crippen molar-refractivity contribution in [1.29, 1.82) is 0 Å². The highest BCUT2D eigenvalue weighted by atomic mass is 35.5. The normalized spacial score (nSPS) is 15.4. The number of rotatable bonds is 5. The van der Waals surface area contributed by atoms with Crippen LogP contribution in [0.25, 0.3) is 11.0 Å². The molecular weight excluding hydrogens is 404 g/mol. The predicted octanol–water partition coefficient (Wildman–Crippen LogP) is 4.60. The first kappa shape index (κ1) is 20.2. The Morgan fingerprint density at radius 1 is 1.37 bits per heavy atom. The van der Waals surface area contributed by atoms with E-state index >= 15 is 0 Å². The Hall–Kier alpha value is -3.06. The highest BCUT2D eigenvalue weighted by Crippen LogP contribution is 2.42. The van der Waals surface area contributed by atoms with Crippen LogP contribution in [-0.4, -0.2) is 16.0 Å². The highest BCUT2D eigenvalue weighted by molar-refractivity contribution is 6.29. The lowest BCUT2D eigenvalue weighted by Crippen LogP contribution is -2.19. The van der Waals surface area contributed by atoms with Crippen molar-refractivity contribution in [2.24, 2.45) is 10.9 Å². The summed E-state index contributed by atoms with van der Waals surface area (Å²) in [5.41, 5.74) is 9.67. The number of nitrogens with zero attached hydrogens (tertiary/aromatic N) is 2. The van der Waals surface area contributed by atoms with Gasteiger partial charge in [-0.3, -0.25) is 4.79 Å². The van der Waals surface area contributed by atoms with Gasteiger partial charge in [0.15, 0.2) is 11.3 Å². The van der Waals surface area contributed by atoms with Gasteiger partial charge in [0.2, 0.25) is 0 Å². The molecule has 1 unspecified atom stereocenters. The van der Waals surface area contributed by atoms with Gasteiger partial charge < -0.3 is 20.7 Å². The molecule has 1 aromatic carbocycles. The van der Waals surface area contributed by atoms with E-state index in [0.29, 0.717) is 28.1 Å². The van der Waals surface area contributed by atoms with Gasteiger partial charge in [-0.25, -0.2) is 4.98 Å². The van der Waals surface area contributed by atoms with Gasteiger partial charge in [-0.05, 0) is 57.4 Å². The zero-order chi connectivity index (χ0) is 21.6. The van der Waals surface area contributed by atoms with Crippen molar-refractivity contribution in [3.05, 3.63) is 67.8 Å². The van der Waals surface area contributed by atoms with E-state index in [-0.39, 0.29) is 28.2 Å². The Bertz CT molecular complexity index is 1230. The van der Waals surface area contributed by atoms with Crippen LogP contribution in [0.2, 0.25) is 5.15 Å². The number of nitrogens with one attached hydrogen (secondary N) is 1. The Kier molecular flexibility index (Phi) is 5.15. The average Bonchev–Trinajstić information content (AvgIpc) is 3.56. The summed E-state index contributed by atoms with van der Waals surface area (Å²) >= 11 is 5.97.